The molecule has 0 saturated heterocycles. The third kappa shape index (κ3) is 3.79. The maximum atomic E-state index is 3.57. The van der Waals surface area contributed by atoms with Crippen molar-refractivity contribution in [3.05, 3.63) is 81.7 Å². The average Bonchev–Trinajstić information content (AvgIpc) is 2.52. The fraction of sp³-hybridized carbons (Fsp3) is 0. The van der Waals surface area contributed by atoms with Crippen molar-refractivity contribution < 1.29 is 0 Å². The monoisotopic (exact) mass is 418 g/mol. The maximum absolute atomic E-state index is 3.57. The van der Waals surface area contributed by atoms with Crippen molar-refractivity contribution in [2.75, 3.05) is 0 Å². The molecule has 0 aliphatic heterocycles. The number of halogens is 2. The van der Waals surface area contributed by atoms with E-state index < -0.39 is 0 Å². The van der Waals surface area contributed by atoms with E-state index in [1.165, 1.54) is 20.9 Å². The molecule has 0 aromatic heterocycles. The van der Waals surface area contributed by atoms with Gasteiger partial charge in [0.15, 0.2) is 0 Å². The van der Waals surface area contributed by atoms with Gasteiger partial charge >= 0.3 is 0 Å². The molecule has 0 aliphatic rings. The lowest BCUT2D eigenvalue weighted by Gasteiger charge is -2.10. The van der Waals surface area contributed by atoms with E-state index in [0.29, 0.717) is 0 Å². The summed E-state index contributed by atoms with van der Waals surface area (Å²) >= 11 is 8.83. The van der Waals surface area contributed by atoms with Crippen LogP contribution in [0.15, 0.2) is 91.5 Å². The molecule has 0 amide bonds. The van der Waals surface area contributed by atoms with Crippen molar-refractivity contribution in [2.45, 2.75) is 9.79 Å². The SMILES string of the molecule is Brc1ccc(Sc2ccc(Br)cc2-c2ccccc2)cc1. The summed E-state index contributed by atoms with van der Waals surface area (Å²) in [6.07, 6.45) is 0. The Kier molecular flexibility index (Phi) is 4.84. The first-order chi connectivity index (χ1) is 10.2. The van der Waals surface area contributed by atoms with E-state index in [1.54, 1.807) is 11.8 Å². The van der Waals surface area contributed by atoms with Gasteiger partial charge in [-0.15, -0.1) is 0 Å². The van der Waals surface area contributed by atoms with Gasteiger partial charge in [0, 0.05) is 18.7 Å². The van der Waals surface area contributed by atoms with Gasteiger partial charge < -0.3 is 0 Å². The second-order valence-electron chi connectivity index (χ2n) is 4.56. The highest BCUT2D eigenvalue weighted by Gasteiger charge is 2.07. The van der Waals surface area contributed by atoms with Crippen molar-refractivity contribution >= 4 is 43.6 Å². The second kappa shape index (κ2) is 6.82. The zero-order valence-electron chi connectivity index (χ0n) is 11.1. The summed E-state index contributed by atoms with van der Waals surface area (Å²) in [6.45, 7) is 0. The Morgan fingerprint density at radius 1 is 0.667 bits per heavy atom. The van der Waals surface area contributed by atoms with E-state index in [0.717, 1.165) is 8.95 Å². The van der Waals surface area contributed by atoms with Crippen LogP contribution in [-0.2, 0) is 0 Å². The van der Waals surface area contributed by atoms with Crippen LogP contribution in [0, 0.1) is 0 Å². The van der Waals surface area contributed by atoms with Gasteiger partial charge in [-0.2, -0.15) is 0 Å². The van der Waals surface area contributed by atoms with Crippen molar-refractivity contribution in [1.29, 1.82) is 0 Å². The van der Waals surface area contributed by atoms with Crippen LogP contribution in [0.2, 0.25) is 0 Å². The highest BCUT2D eigenvalue weighted by Crippen LogP contribution is 2.37. The van der Waals surface area contributed by atoms with Gasteiger partial charge in [-0.3, -0.25) is 0 Å². The van der Waals surface area contributed by atoms with Crippen LogP contribution < -0.4 is 0 Å². The molecule has 0 unspecified atom stereocenters. The third-order valence-corrected chi connectivity index (χ3v) is 5.17. The predicted octanol–water partition coefficient (Wildman–Crippen LogP) is 7.03. The quantitative estimate of drug-likeness (QED) is 0.439. The lowest BCUT2D eigenvalue weighted by molar-refractivity contribution is 1.38. The zero-order chi connectivity index (χ0) is 14.7. The van der Waals surface area contributed by atoms with Gasteiger partial charge in [0.1, 0.15) is 0 Å². The van der Waals surface area contributed by atoms with E-state index in [-0.39, 0.29) is 0 Å². The van der Waals surface area contributed by atoms with E-state index in [4.69, 9.17) is 0 Å². The summed E-state index contributed by atoms with van der Waals surface area (Å²) in [6, 6.07) is 25.3. The normalized spacial score (nSPS) is 10.6. The Labute approximate surface area is 145 Å². The molecule has 0 fully saturated rings. The van der Waals surface area contributed by atoms with E-state index >= 15 is 0 Å². The third-order valence-electron chi connectivity index (χ3n) is 3.07. The molecule has 0 saturated carbocycles. The fourth-order valence-corrected chi connectivity index (χ4v) is 3.64. The largest absolute Gasteiger partial charge is 0.0894 e. The molecule has 0 spiro atoms. The first-order valence-corrected chi connectivity index (χ1v) is 8.91. The minimum absolute atomic E-state index is 1.10. The molecule has 0 aliphatic carbocycles. The van der Waals surface area contributed by atoms with Gasteiger partial charge in [-0.25, -0.2) is 0 Å². The first-order valence-electron chi connectivity index (χ1n) is 6.51. The minimum Gasteiger partial charge on any atom is -0.0894 e. The Morgan fingerprint density at radius 2 is 1.33 bits per heavy atom. The molecule has 3 aromatic rings. The molecular weight excluding hydrogens is 408 g/mol. The number of rotatable bonds is 3. The molecule has 0 nitrogen and oxygen atoms in total. The Bertz CT molecular complexity index is 737. The zero-order valence-corrected chi connectivity index (χ0v) is 15.1. The van der Waals surface area contributed by atoms with Crippen LogP contribution in [-0.4, -0.2) is 0 Å². The van der Waals surface area contributed by atoms with Crippen LogP contribution in [0.4, 0.5) is 0 Å². The Balaban J connectivity index is 2.00. The molecule has 0 atom stereocenters. The van der Waals surface area contributed by atoms with Gasteiger partial charge in [-0.1, -0.05) is 74.0 Å². The number of benzene rings is 3. The van der Waals surface area contributed by atoms with Gasteiger partial charge in [0.2, 0.25) is 0 Å². The topological polar surface area (TPSA) is 0 Å². The Hall–Kier alpha value is -1.03. The van der Waals surface area contributed by atoms with Crippen LogP contribution in [0.1, 0.15) is 0 Å². The first kappa shape index (κ1) is 14.9. The number of hydrogen-bond acceptors (Lipinski definition) is 1. The van der Waals surface area contributed by atoms with E-state index in [9.17, 15) is 0 Å². The van der Waals surface area contributed by atoms with E-state index in [1.807, 2.05) is 6.07 Å². The summed E-state index contributed by atoms with van der Waals surface area (Å²) in [4.78, 5) is 2.49. The average molecular weight is 420 g/mol. The summed E-state index contributed by atoms with van der Waals surface area (Å²) in [7, 11) is 0. The van der Waals surface area contributed by atoms with Crippen molar-refractivity contribution in [3.63, 3.8) is 0 Å². The van der Waals surface area contributed by atoms with Gasteiger partial charge in [-0.05, 0) is 53.6 Å². The fourth-order valence-electron chi connectivity index (χ4n) is 2.06. The van der Waals surface area contributed by atoms with Gasteiger partial charge in [0.05, 0.1) is 0 Å². The van der Waals surface area contributed by atoms with Crippen molar-refractivity contribution in [2.24, 2.45) is 0 Å². The second-order valence-corrected chi connectivity index (χ2v) is 7.51. The van der Waals surface area contributed by atoms with Gasteiger partial charge in [0.25, 0.3) is 0 Å². The molecule has 0 bridgehead atoms. The van der Waals surface area contributed by atoms with Crippen molar-refractivity contribution in [3.8, 4) is 11.1 Å². The molecular formula is C18H12Br2S. The molecule has 21 heavy (non-hydrogen) atoms. The molecule has 0 heterocycles. The predicted molar refractivity (Wildman–Crippen MR) is 97.8 cm³/mol. The lowest BCUT2D eigenvalue weighted by Crippen LogP contribution is -1.83. The standard InChI is InChI=1S/C18H12Br2S/c19-14-6-9-16(10-7-14)21-18-11-8-15(20)12-17(18)13-4-2-1-3-5-13/h1-12H. The van der Waals surface area contributed by atoms with E-state index in [2.05, 4.69) is 98.6 Å². The number of hydrogen-bond donors (Lipinski definition) is 0. The summed E-state index contributed by atoms with van der Waals surface area (Å²) in [5.74, 6) is 0. The van der Waals surface area contributed by atoms with Crippen LogP contribution >= 0.6 is 43.6 Å². The molecule has 3 rings (SSSR count). The molecule has 0 radical (unpaired) electrons. The summed E-state index contributed by atoms with van der Waals surface area (Å²) in [5.41, 5.74) is 2.48. The lowest BCUT2D eigenvalue weighted by atomic mass is 10.1. The highest BCUT2D eigenvalue weighted by molar-refractivity contribution is 9.10. The molecule has 3 aromatic carbocycles. The highest BCUT2D eigenvalue weighted by atomic mass is 79.9. The van der Waals surface area contributed by atoms with Crippen molar-refractivity contribution in [1.82, 2.24) is 0 Å². The summed E-state index contributed by atoms with van der Waals surface area (Å²) < 4.78 is 2.20. The Morgan fingerprint density at radius 3 is 2.05 bits per heavy atom. The maximum Gasteiger partial charge on any atom is 0.0201 e. The summed E-state index contributed by atoms with van der Waals surface area (Å²) in [5, 5.41) is 0. The molecule has 104 valence electrons. The van der Waals surface area contributed by atoms with Crippen LogP contribution in [0.5, 0.6) is 0 Å². The molecule has 3 heteroatoms. The molecule has 0 N–H and O–H groups in total. The van der Waals surface area contributed by atoms with Crippen LogP contribution in [0.3, 0.4) is 0 Å². The minimum atomic E-state index is 1.10. The smallest absolute Gasteiger partial charge is 0.0201 e. The van der Waals surface area contributed by atoms with Crippen LogP contribution in [0.25, 0.3) is 11.1 Å².